The van der Waals surface area contributed by atoms with E-state index >= 15 is 0 Å². The molecular formula is C11H17N3O3. The fourth-order valence-electron chi connectivity index (χ4n) is 2.78. The number of rotatable bonds is 3. The van der Waals surface area contributed by atoms with Gasteiger partial charge < -0.3 is 10.6 Å². The number of hydrogen-bond donors (Lipinski definition) is 2. The molecule has 0 aromatic heterocycles. The summed E-state index contributed by atoms with van der Waals surface area (Å²) in [6.07, 6.45) is 3.01. The molecule has 0 aromatic rings. The van der Waals surface area contributed by atoms with E-state index in [1.807, 2.05) is 0 Å². The number of carbonyl (C=O) groups is 3. The topological polar surface area (TPSA) is 78.5 Å². The molecule has 2 N–H and O–H groups in total. The summed E-state index contributed by atoms with van der Waals surface area (Å²) < 4.78 is 0. The first-order chi connectivity index (χ1) is 8.09. The summed E-state index contributed by atoms with van der Waals surface area (Å²) in [5, 5.41) is 5.16. The lowest BCUT2D eigenvalue weighted by Gasteiger charge is -2.30. The van der Waals surface area contributed by atoms with Gasteiger partial charge in [-0.2, -0.15) is 0 Å². The SMILES string of the molecule is CNC(=O)NCCC12CCC(=O)N1C(=O)CC2. The van der Waals surface area contributed by atoms with E-state index in [0.717, 1.165) is 12.8 Å². The number of urea groups is 1. The van der Waals surface area contributed by atoms with Crippen molar-refractivity contribution >= 4 is 17.8 Å². The second-order valence-corrected chi connectivity index (χ2v) is 4.60. The predicted molar refractivity (Wildman–Crippen MR) is 60.1 cm³/mol. The first kappa shape index (κ1) is 11.9. The summed E-state index contributed by atoms with van der Waals surface area (Å²) in [6, 6.07) is -0.235. The van der Waals surface area contributed by atoms with Crippen molar-refractivity contribution in [2.24, 2.45) is 0 Å². The Morgan fingerprint density at radius 1 is 1.29 bits per heavy atom. The van der Waals surface area contributed by atoms with Crippen LogP contribution in [0.15, 0.2) is 0 Å². The molecule has 0 spiro atoms. The maximum Gasteiger partial charge on any atom is 0.314 e. The first-order valence-electron chi connectivity index (χ1n) is 5.90. The molecule has 2 fully saturated rings. The van der Waals surface area contributed by atoms with Crippen molar-refractivity contribution in [2.45, 2.75) is 37.6 Å². The van der Waals surface area contributed by atoms with Gasteiger partial charge in [0.1, 0.15) is 0 Å². The second-order valence-electron chi connectivity index (χ2n) is 4.60. The quantitative estimate of drug-likeness (QED) is 0.680. The number of carbonyl (C=O) groups excluding carboxylic acids is 3. The van der Waals surface area contributed by atoms with Gasteiger partial charge in [0.25, 0.3) is 0 Å². The Hall–Kier alpha value is -1.59. The van der Waals surface area contributed by atoms with Crippen molar-refractivity contribution in [3.8, 4) is 0 Å². The van der Waals surface area contributed by atoms with Gasteiger partial charge in [-0.05, 0) is 19.3 Å². The average Bonchev–Trinajstić information content (AvgIpc) is 2.80. The highest BCUT2D eigenvalue weighted by Gasteiger charge is 2.52. The fraction of sp³-hybridized carbons (Fsp3) is 0.727. The number of nitrogens with one attached hydrogen (secondary N) is 2. The van der Waals surface area contributed by atoms with Gasteiger partial charge in [0.2, 0.25) is 11.8 Å². The largest absolute Gasteiger partial charge is 0.341 e. The molecule has 4 amide bonds. The van der Waals surface area contributed by atoms with Gasteiger partial charge >= 0.3 is 6.03 Å². The zero-order valence-electron chi connectivity index (χ0n) is 9.91. The Balaban J connectivity index is 1.97. The Morgan fingerprint density at radius 3 is 2.41 bits per heavy atom. The summed E-state index contributed by atoms with van der Waals surface area (Å²) in [5.74, 6) is -0.125. The number of nitrogens with zero attached hydrogens (tertiary/aromatic N) is 1. The third-order valence-corrected chi connectivity index (χ3v) is 3.68. The van der Waals surface area contributed by atoms with Crippen LogP contribution in [0.2, 0.25) is 0 Å². The standard InChI is InChI=1S/C11H17N3O3/c1-12-10(17)13-7-6-11-4-2-8(15)14(11)9(16)3-5-11/h2-7H2,1H3,(H2,12,13,17). The molecule has 2 aliphatic heterocycles. The van der Waals surface area contributed by atoms with E-state index in [2.05, 4.69) is 10.6 Å². The summed E-state index contributed by atoms with van der Waals surface area (Å²) in [4.78, 5) is 35.7. The van der Waals surface area contributed by atoms with Gasteiger partial charge in [0.15, 0.2) is 0 Å². The maximum absolute atomic E-state index is 11.6. The van der Waals surface area contributed by atoms with E-state index in [1.54, 1.807) is 7.05 Å². The van der Waals surface area contributed by atoms with Crippen LogP contribution in [-0.4, -0.2) is 41.9 Å². The molecule has 6 heteroatoms. The van der Waals surface area contributed by atoms with Gasteiger partial charge in [-0.1, -0.05) is 0 Å². The molecule has 2 rings (SSSR count). The lowest BCUT2D eigenvalue weighted by atomic mass is 9.90. The van der Waals surface area contributed by atoms with Gasteiger partial charge in [-0.3, -0.25) is 14.5 Å². The van der Waals surface area contributed by atoms with Gasteiger partial charge in [0, 0.05) is 26.4 Å². The van der Waals surface area contributed by atoms with Crippen molar-refractivity contribution in [1.29, 1.82) is 0 Å². The summed E-state index contributed by atoms with van der Waals surface area (Å²) >= 11 is 0. The van der Waals surface area contributed by atoms with Crippen LogP contribution in [0.4, 0.5) is 4.79 Å². The third-order valence-electron chi connectivity index (χ3n) is 3.68. The number of hydrogen-bond acceptors (Lipinski definition) is 3. The molecule has 94 valence electrons. The monoisotopic (exact) mass is 239 g/mol. The van der Waals surface area contributed by atoms with Crippen LogP contribution in [0.1, 0.15) is 32.1 Å². The summed E-state index contributed by atoms with van der Waals surface area (Å²) in [5.41, 5.74) is -0.324. The molecule has 0 bridgehead atoms. The summed E-state index contributed by atoms with van der Waals surface area (Å²) in [6.45, 7) is 0.483. The Kier molecular flexibility index (Phi) is 3.04. The summed E-state index contributed by atoms with van der Waals surface area (Å²) in [7, 11) is 1.55. The molecule has 2 aliphatic rings. The zero-order valence-corrected chi connectivity index (χ0v) is 9.91. The third kappa shape index (κ3) is 1.99. The predicted octanol–water partition coefficient (Wildman–Crippen LogP) is -0.0129. The van der Waals surface area contributed by atoms with E-state index in [-0.39, 0.29) is 23.4 Å². The minimum atomic E-state index is -0.324. The lowest BCUT2D eigenvalue weighted by Crippen LogP contribution is -2.45. The van der Waals surface area contributed by atoms with E-state index in [9.17, 15) is 14.4 Å². The molecule has 2 heterocycles. The molecule has 0 radical (unpaired) electrons. The van der Waals surface area contributed by atoms with Crippen molar-refractivity contribution in [2.75, 3.05) is 13.6 Å². The zero-order chi connectivity index (χ0) is 12.5. The lowest BCUT2D eigenvalue weighted by molar-refractivity contribution is -0.142. The average molecular weight is 239 g/mol. The van der Waals surface area contributed by atoms with Crippen LogP contribution < -0.4 is 10.6 Å². The van der Waals surface area contributed by atoms with E-state index in [0.29, 0.717) is 25.8 Å². The minimum Gasteiger partial charge on any atom is -0.341 e. The fourth-order valence-corrected chi connectivity index (χ4v) is 2.78. The van der Waals surface area contributed by atoms with Gasteiger partial charge in [-0.15, -0.1) is 0 Å². The van der Waals surface area contributed by atoms with Crippen LogP contribution in [0.3, 0.4) is 0 Å². The molecule has 0 unspecified atom stereocenters. The molecule has 6 nitrogen and oxygen atoms in total. The van der Waals surface area contributed by atoms with Crippen LogP contribution in [0, 0.1) is 0 Å². The number of fused-ring (bicyclic) bond motifs is 1. The molecule has 0 aromatic carbocycles. The maximum atomic E-state index is 11.6. The van der Waals surface area contributed by atoms with E-state index in [1.165, 1.54) is 4.90 Å². The van der Waals surface area contributed by atoms with Crippen molar-refractivity contribution in [3.63, 3.8) is 0 Å². The molecular weight excluding hydrogens is 222 g/mol. The Bertz CT molecular complexity index is 347. The van der Waals surface area contributed by atoms with Crippen molar-refractivity contribution < 1.29 is 14.4 Å². The number of imide groups is 1. The van der Waals surface area contributed by atoms with E-state index in [4.69, 9.17) is 0 Å². The van der Waals surface area contributed by atoms with Crippen LogP contribution >= 0.6 is 0 Å². The molecule has 0 atom stereocenters. The van der Waals surface area contributed by atoms with Crippen LogP contribution in [-0.2, 0) is 9.59 Å². The van der Waals surface area contributed by atoms with Crippen LogP contribution in [0.5, 0.6) is 0 Å². The smallest absolute Gasteiger partial charge is 0.314 e. The van der Waals surface area contributed by atoms with Crippen molar-refractivity contribution in [3.05, 3.63) is 0 Å². The van der Waals surface area contributed by atoms with Crippen LogP contribution in [0.25, 0.3) is 0 Å². The highest BCUT2D eigenvalue weighted by atomic mass is 16.2. The highest BCUT2D eigenvalue weighted by molar-refractivity contribution is 5.99. The Morgan fingerprint density at radius 2 is 1.88 bits per heavy atom. The number of amides is 4. The molecule has 2 saturated heterocycles. The first-order valence-corrected chi connectivity index (χ1v) is 5.90. The van der Waals surface area contributed by atoms with E-state index < -0.39 is 0 Å². The molecule has 0 saturated carbocycles. The van der Waals surface area contributed by atoms with Crippen molar-refractivity contribution in [1.82, 2.24) is 15.5 Å². The highest BCUT2D eigenvalue weighted by Crippen LogP contribution is 2.42. The normalized spacial score (nSPS) is 21.6. The second kappa shape index (κ2) is 4.35. The molecule has 17 heavy (non-hydrogen) atoms. The minimum absolute atomic E-state index is 0.0626. The van der Waals surface area contributed by atoms with Gasteiger partial charge in [-0.25, -0.2) is 4.79 Å². The Labute approximate surface area is 99.7 Å². The van der Waals surface area contributed by atoms with Gasteiger partial charge in [0.05, 0.1) is 5.54 Å². The molecule has 0 aliphatic carbocycles.